The Morgan fingerprint density at radius 1 is 0.392 bits per heavy atom. The number of ether oxygens (including phenoxy) is 3. The molecular weight excluding hydrogens is 636 g/mol. The summed E-state index contributed by atoms with van der Waals surface area (Å²) in [7, 11) is 0. The fraction of sp³-hybridized carbons (Fsp3) is 0.933. The highest BCUT2D eigenvalue weighted by molar-refractivity contribution is 5.71. The van der Waals surface area contributed by atoms with E-state index in [1.165, 1.54) is 141 Å². The highest BCUT2D eigenvalue weighted by Gasteiger charge is 2.19. The number of carbonyl (C=O) groups is 3. The van der Waals surface area contributed by atoms with Crippen LogP contribution in [0, 0.1) is 5.92 Å². The fourth-order valence-electron chi connectivity index (χ4n) is 6.59. The third kappa shape index (κ3) is 38.0. The standard InChI is InChI=1S/C45H86O6/c1-5-8-10-12-14-16-17-18-19-20-22-24-29-33-37-44(47)50-40-42(39-49-43(46)36-32-28-23-21-15-13-11-9-6-2)51-45(48)38-34-30-26-25-27-31-35-41(4)7-3/h41-42H,5-40H2,1-4H3/t41?,42-/m1/s1. The molecule has 0 radical (unpaired) electrons. The van der Waals surface area contributed by atoms with Gasteiger partial charge in [-0.2, -0.15) is 0 Å². The third-order valence-electron chi connectivity index (χ3n) is 10.4. The smallest absolute Gasteiger partial charge is 0.306 e. The van der Waals surface area contributed by atoms with Crippen molar-refractivity contribution in [1.29, 1.82) is 0 Å². The second kappa shape index (κ2) is 39.6. The molecule has 0 aliphatic rings. The minimum Gasteiger partial charge on any atom is -0.462 e. The summed E-state index contributed by atoms with van der Waals surface area (Å²) in [4.78, 5) is 37.6. The molecule has 0 N–H and O–H groups in total. The van der Waals surface area contributed by atoms with Crippen LogP contribution in [0.3, 0.4) is 0 Å². The van der Waals surface area contributed by atoms with Crippen LogP contribution in [0.15, 0.2) is 0 Å². The summed E-state index contributed by atoms with van der Waals surface area (Å²) in [6.45, 7) is 8.94. The van der Waals surface area contributed by atoms with Gasteiger partial charge in [-0.1, -0.05) is 207 Å². The molecule has 0 aromatic carbocycles. The molecule has 0 saturated heterocycles. The van der Waals surface area contributed by atoms with Gasteiger partial charge in [0.2, 0.25) is 0 Å². The van der Waals surface area contributed by atoms with Gasteiger partial charge < -0.3 is 14.2 Å². The average Bonchev–Trinajstić information content (AvgIpc) is 3.13. The van der Waals surface area contributed by atoms with Crippen LogP contribution < -0.4 is 0 Å². The van der Waals surface area contributed by atoms with Gasteiger partial charge in [0, 0.05) is 19.3 Å². The van der Waals surface area contributed by atoms with Gasteiger partial charge in [0.25, 0.3) is 0 Å². The van der Waals surface area contributed by atoms with E-state index in [9.17, 15) is 14.4 Å². The SMILES string of the molecule is CCCCCCCCCCCCCCCCC(=O)OC[C@@H](COC(=O)CCCCCCCCCCC)OC(=O)CCCCCCCCC(C)CC. The molecule has 6 nitrogen and oxygen atoms in total. The number of hydrogen-bond acceptors (Lipinski definition) is 6. The predicted octanol–water partition coefficient (Wildman–Crippen LogP) is 13.9. The molecule has 6 heteroatoms. The molecule has 0 bridgehead atoms. The van der Waals surface area contributed by atoms with Crippen LogP contribution in [-0.2, 0) is 28.6 Å². The van der Waals surface area contributed by atoms with Gasteiger partial charge in [-0.3, -0.25) is 14.4 Å². The molecule has 1 unspecified atom stereocenters. The lowest BCUT2D eigenvalue weighted by atomic mass is 10.00. The molecule has 0 saturated carbocycles. The Morgan fingerprint density at radius 3 is 1.02 bits per heavy atom. The monoisotopic (exact) mass is 723 g/mol. The minimum absolute atomic E-state index is 0.0648. The Bertz CT molecular complexity index is 768. The van der Waals surface area contributed by atoms with Crippen molar-refractivity contribution in [2.24, 2.45) is 5.92 Å². The first kappa shape index (κ1) is 49.4. The van der Waals surface area contributed by atoms with Crippen LogP contribution in [-0.4, -0.2) is 37.2 Å². The number of carbonyl (C=O) groups excluding carboxylic acids is 3. The van der Waals surface area contributed by atoms with Crippen LogP contribution in [0.2, 0.25) is 0 Å². The minimum atomic E-state index is -0.759. The zero-order valence-corrected chi connectivity index (χ0v) is 34.6. The summed E-state index contributed by atoms with van der Waals surface area (Å²) in [5, 5.41) is 0. The van der Waals surface area contributed by atoms with Gasteiger partial charge in [-0.05, 0) is 25.2 Å². The normalized spacial score (nSPS) is 12.5. The van der Waals surface area contributed by atoms with Crippen molar-refractivity contribution in [3.05, 3.63) is 0 Å². The Balaban J connectivity index is 4.30. The first-order valence-electron chi connectivity index (χ1n) is 22.4. The maximum atomic E-state index is 12.7. The lowest BCUT2D eigenvalue weighted by Gasteiger charge is -2.18. The molecule has 0 amide bonds. The summed E-state index contributed by atoms with van der Waals surface area (Å²) < 4.78 is 16.7. The van der Waals surface area contributed by atoms with Crippen LogP contribution in [0.5, 0.6) is 0 Å². The third-order valence-corrected chi connectivity index (χ3v) is 10.4. The summed E-state index contributed by atoms with van der Waals surface area (Å²) in [6, 6.07) is 0. The van der Waals surface area contributed by atoms with Gasteiger partial charge in [-0.25, -0.2) is 0 Å². The van der Waals surface area contributed by atoms with E-state index in [2.05, 4.69) is 27.7 Å². The summed E-state index contributed by atoms with van der Waals surface area (Å²) in [5.74, 6) is -0.0505. The largest absolute Gasteiger partial charge is 0.462 e. The van der Waals surface area contributed by atoms with Crippen molar-refractivity contribution in [3.63, 3.8) is 0 Å². The average molecular weight is 723 g/mol. The van der Waals surface area contributed by atoms with Crippen molar-refractivity contribution in [3.8, 4) is 0 Å². The Hall–Kier alpha value is -1.59. The number of unbranched alkanes of at least 4 members (excludes halogenated alkanes) is 26. The van der Waals surface area contributed by atoms with E-state index >= 15 is 0 Å². The van der Waals surface area contributed by atoms with Gasteiger partial charge in [0.1, 0.15) is 13.2 Å². The first-order chi connectivity index (χ1) is 24.9. The molecule has 0 aliphatic carbocycles. The second-order valence-electron chi connectivity index (χ2n) is 15.6. The van der Waals surface area contributed by atoms with E-state index < -0.39 is 6.10 Å². The maximum Gasteiger partial charge on any atom is 0.306 e. The molecule has 0 aromatic rings. The van der Waals surface area contributed by atoms with E-state index in [1.54, 1.807) is 0 Å². The van der Waals surface area contributed by atoms with Crippen LogP contribution in [0.25, 0.3) is 0 Å². The van der Waals surface area contributed by atoms with Crippen molar-refractivity contribution in [1.82, 2.24) is 0 Å². The van der Waals surface area contributed by atoms with Crippen LogP contribution in [0.4, 0.5) is 0 Å². The molecular formula is C45H86O6. The van der Waals surface area contributed by atoms with Crippen molar-refractivity contribution in [2.75, 3.05) is 13.2 Å². The molecule has 51 heavy (non-hydrogen) atoms. The Kier molecular flexibility index (Phi) is 38.4. The molecule has 0 spiro atoms. The Morgan fingerprint density at radius 2 is 0.686 bits per heavy atom. The number of rotatable bonds is 40. The van der Waals surface area contributed by atoms with E-state index in [0.29, 0.717) is 19.3 Å². The first-order valence-corrected chi connectivity index (χ1v) is 22.4. The van der Waals surface area contributed by atoms with E-state index in [0.717, 1.165) is 63.7 Å². The molecule has 0 heterocycles. The van der Waals surface area contributed by atoms with Crippen molar-refractivity contribution >= 4 is 17.9 Å². The quantitative estimate of drug-likeness (QED) is 0.0356. The topological polar surface area (TPSA) is 78.9 Å². The maximum absolute atomic E-state index is 12.7. The van der Waals surface area contributed by atoms with E-state index in [-0.39, 0.29) is 31.1 Å². The van der Waals surface area contributed by atoms with Crippen molar-refractivity contribution in [2.45, 2.75) is 252 Å². The molecule has 0 fully saturated rings. The zero-order valence-electron chi connectivity index (χ0n) is 34.6. The highest BCUT2D eigenvalue weighted by Crippen LogP contribution is 2.16. The van der Waals surface area contributed by atoms with Crippen molar-refractivity contribution < 1.29 is 28.6 Å². The number of hydrogen-bond donors (Lipinski definition) is 0. The zero-order chi connectivity index (χ0) is 37.5. The van der Waals surface area contributed by atoms with E-state index in [4.69, 9.17) is 14.2 Å². The fourth-order valence-corrected chi connectivity index (χ4v) is 6.59. The molecule has 0 aromatic heterocycles. The van der Waals surface area contributed by atoms with Crippen LogP contribution in [0.1, 0.15) is 246 Å². The molecule has 0 aliphatic heterocycles. The molecule has 2 atom stereocenters. The van der Waals surface area contributed by atoms with Gasteiger partial charge >= 0.3 is 17.9 Å². The van der Waals surface area contributed by atoms with Gasteiger partial charge in [0.15, 0.2) is 6.10 Å². The summed E-state index contributed by atoms with van der Waals surface area (Å²) in [6.07, 6.45) is 38.0. The molecule has 0 rings (SSSR count). The number of esters is 3. The highest BCUT2D eigenvalue weighted by atomic mass is 16.6. The predicted molar refractivity (Wildman–Crippen MR) is 215 cm³/mol. The van der Waals surface area contributed by atoms with Crippen LogP contribution >= 0.6 is 0 Å². The second-order valence-corrected chi connectivity index (χ2v) is 15.6. The summed E-state index contributed by atoms with van der Waals surface area (Å²) >= 11 is 0. The lowest BCUT2D eigenvalue weighted by molar-refractivity contribution is -0.167. The van der Waals surface area contributed by atoms with Gasteiger partial charge in [0.05, 0.1) is 0 Å². The van der Waals surface area contributed by atoms with Gasteiger partial charge in [-0.15, -0.1) is 0 Å². The Labute approximate surface area is 317 Å². The summed E-state index contributed by atoms with van der Waals surface area (Å²) in [5.41, 5.74) is 0. The molecule has 302 valence electrons. The lowest BCUT2D eigenvalue weighted by Crippen LogP contribution is -2.30. The van der Waals surface area contributed by atoms with E-state index in [1.807, 2.05) is 0 Å².